The molecule has 2 amide bonds. The van der Waals surface area contributed by atoms with Gasteiger partial charge in [0.25, 0.3) is 5.56 Å². The van der Waals surface area contributed by atoms with Gasteiger partial charge in [0.15, 0.2) is 0 Å². The van der Waals surface area contributed by atoms with Crippen LogP contribution in [0.15, 0.2) is 53.5 Å². The number of hydrogen-bond acceptors (Lipinski definition) is 3. The quantitative estimate of drug-likeness (QED) is 0.722. The van der Waals surface area contributed by atoms with Crippen LogP contribution in [0, 0.1) is 5.92 Å². The van der Waals surface area contributed by atoms with Gasteiger partial charge in [0.05, 0.1) is 12.6 Å². The van der Waals surface area contributed by atoms with Gasteiger partial charge in [0.2, 0.25) is 0 Å². The lowest BCUT2D eigenvalue weighted by atomic mass is 10.1. The van der Waals surface area contributed by atoms with Gasteiger partial charge in [-0.15, -0.1) is 0 Å². The summed E-state index contributed by atoms with van der Waals surface area (Å²) in [4.78, 5) is 23.8. The Morgan fingerprint density at radius 3 is 2.72 bits per heavy atom. The largest absolute Gasteiger partial charge is 0.393 e. The fourth-order valence-electron chi connectivity index (χ4n) is 2.64. The zero-order chi connectivity index (χ0) is 18.2. The number of nitrogens with one attached hydrogen (secondary N) is 2. The van der Waals surface area contributed by atoms with Gasteiger partial charge in [-0.3, -0.25) is 4.79 Å². The molecule has 6 heteroatoms. The summed E-state index contributed by atoms with van der Waals surface area (Å²) in [6.07, 6.45) is 2.00. The fraction of sp³-hybridized carbons (Fsp3) is 0.368. The summed E-state index contributed by atoms with van der Waals surface area (Å²) in [7, 11) is 0. The predicted octanol–water partition coefficient (Wildman–Crippen LogP) is 2.43. The summed E-state index contributed by atoms with van der Waals surface area (Å²) in [5.74, 6) is 0.196. The number of aliphatic hydroxyl groups excluding tert-OH is 1. The molecule has 2 rings (SSSR count). The molecule has 0 fully saturated rings. The van der Waals surface area contributed by atoms with Crippen molar-refractivity contribution in [2.24, 2.45) is 5.92 Å². The molecule has 1 heterocycles. The molecule has 0 aliphatic carbocycles. The Kier molecular flexibility index (Phi) is 6.77. The van der Waals surface area contributed by atoms with Gasteiger partial charge in [0.1, 0.15) is 0 Å². The smallest absolute Gasteiger partial charge is 0.319 e. The van der Waals surface area contributed by atoms with Crippen molar-refractivity contribution in [3.63, 3.8) is 0 Å². The number of pyridine rings is 1. The third kappa shape index (κ3) is 6.43. The summed E-state index contributed by atoms with van der Waals surface area (Å²) in [5.41, 5.74) is 1.53. The van der Waals surface area contributed by atoms with Crippen LogP contribution in [-0.4, -0.2) is 28.4 Å². The maximum atomic E-state index is 12.0. The topological polar surface area (TPSA) is 83.4 Å². The third-order valence-corrected chi connectivity index (χ3v) is 3.79. The maximum Gasteiger partial charge on any atom is 0.319 e. The van der Waals surface area contributed by atoms with E-state index in [4.69, 9.17) is 0 Å². The monoisotopic (exact) mass is 343 g/mol. The molecule has 0 saturated carbocycles. The van der Waals surface area contributed by atoms with Gasteiger partial charge in [-0.25, -0.2) is 4.79 Å². The minimum absolute atomic E-state index is 0.0642. The van der Waals surface area contributed by atoms with E-state index in [0.29, 0.717) is 25.2 Å². The van der Waals surface area contributed by atoms with Gasteiger partial charge in [0, 0.05) is 24.5 Å². The maximum absolute atomic E-state index is 12.0. The number of urea groups is 1. The molecule has 2 atom stereocenters. The standard InChI is InChI=1S/C19H25N3O3/c1-14(10-15(2)23)12-20-19(25)21-17-7-5-6-16(11-17)13-22-9-4-3-8-18(22)24/h3-9,11,14-15,23H,10,12-13H2,1-2H3,(H2,20,21,25)/t14-,15+/m1/s1. The summed E-state index contributed by atoms with van der Waals surface area (Å²) < 4.78 is 1.61. The molecule has 134 valence electrons. The zero-order valence-corrected chi connectivity index (χ0v) is 14.6. The van der Waals surface area contributed by atoms with Crippen molar-refractivity contribution >= 4 is 11.7 Å². The van der Waals surface area contributed by atoms with Crippen molar-refractivity contribution in [1.82, 2.24) is 9.88 Å². The first kappa shape index (κ1) is 18.7. The first-order valence-electron chi connectivity index (χ1n) is 8.41. The van der Waals surface area contributed by atoms with Crippen molar-refractivity contribution in [3.05, 3.63) is 64.6 Å². The average Bonchev–Trinajstić information content (AvgIpc) is 2.55. The van der Waals surface area contributed by atoms with Gasteiger partial charge >= 0.3 is 6.03 Å². The van der Waals surface area contributed by atoms with Crippen LogP contribution in [0.5, 0.6) is 0 Å². The molecule has 25 heavy (non-hydrogen) atoms. The highest BCUT2D eigenvalue weighted by Crippen LogP contribution is 2.11. The zero-order valence-electron chi connectivity index (χ0n) is 14.6. The summed E-state index contributed by atoms with van der Waals surface area (Å²) >= 11 is 0. The molecule has 0 spiro atoms. The molecule has 1 aromatic heterocycles. The van der Waals surface area contributed by atoms with E-state index < -0.39 is 0 Å². The molecule has 0 bridgehead atoms. The first-order valence-corrected chi connectivity index (χ1v) is 8.41. The van der Waals surface area contributed by atoms with Gasteiger partial charge in [-0.05, 0) is 43.0 Å². The van der Waals surface area contributed by atoms with Crippen LogP contribution < -0.4 is 16.2 Å². The normalized spacial score (nSPS) is 13.1. The van der Waals surface area contributed by atoms with E-state index in [1.165, 1.54) is 6.07 Å². The lowest BCUT2D eigenvalue weighted by molar-refractivity contribution is 0.163. The number of amides is 2. The Labute approximate surface area is 147 Å². The van der Waals surface area contributed by atoms with Gasteiger partial charge in [-0.1, -0.05) is 25.1 Å². The molecular weight excluding hydrogens is 318 g/mol. The molecular formula is C19H25N3O3. The Morgan fingerprint density at radius 1 is 1.20 bits per heavy atom. The number of carbonyl (C=O) groups excluding carboxylic acids is 1. The molecule has 0 aliphatic rings. The average molecular weight is 343 g/mol. The number of anilines is 1. The first-order chi connectivity index (χ1) is 11.9. The second kappa shape index (κ2) is 9.03. The van der Waals surface area contributed by atoms with Crippen LogP contribution in [0.2, 0.25) is 0 Å². The molecule has 6 nitrogen and oxygen atoms in total. The van der Waals surface area contributed by atoms with E-state index in [1.807, 2.05) is 31.2 Å². The van der Waals surface area contributed by atoms with Gasteiger partial charge < -0.3 is 20.3 Å². The van der Waals surface area contributed by atoms with Gasteiger partial charge in [-0.2, -0.15) is 0 Å². The molecule has 0 aliphatic heterocycles. The van der Waals surface area contributed by atoms with Crippen LogP contribution >= 0.6 is 0 Å². The van der Waals surface area contributed by atoms with E-state index in [2.05, 4.69) is 10.6 Å². The number of hydrogen-bond donors (Lipinski definition) is 3. The molecule has 0 radical (unpaired) electrons. The van der Waals surface area contributed by atoms with E-state index >= 15 is 0 Å². The Morgan fingerprint density at radius 2 is 2.00 bits per heavy atom. The SMILES string of the molecule is C[C@@H](CNC(=O)Nc1cccc(Cn2ccccc2=O)c1)C[C@H](C)O. The van der Waals surface area contributed by atoms with E-state index in [1.54, 1.807) is 29.8 Å². The highest BCUT2D eigenvalue weighted by Gasteiger charge is 2.08. The highest BCUT2D eigenvalue weighted by atomic mass is 16.3. The van der Waals surface area contributed by atoms with Crippen LogP contribution in [-0.2, 0) is 6.54 Å². The number of carbonyl (C=O) groups is 1. The fourth-order valence-corrected chi connectivity index (χ4v) is 2.64. The molecule has 0 unspecified atom stereocenters. The Bertz CT molecular complexity index is 755. The van der Waals surface area contributed by atoms with Crippen molar-refractivity contribution in [2.75, 3.05) is 11.9 Å². The number of nitrogens with zero attached hydrogens (tertiary/aromatic N) is 1. The Hall–Kier alpha value is -2.60. The van der Waals surface area contributed by atoms with Crippen LogP contribution in [0.25, 0.3) is 0 Å². The van der Waals surface area contributed by atoms with Crippen LogP contribution in [0.1, 0.15) is 25.8 Å². The molecule has 3 N–H and O–H groups in total. The number of rotatable bonds is 7. The van der Waals surface area contributed by atoms with Crippen molar-refractivity contribution in [1.29, 1.82) is 0 Å². The summed E-state index contributed by atoms with van der Waals surface area (Å²) in [5, 5.41) is 14.9. The Balaban J connectivity index is 1.91. The lowest BCUT2D eigenvalue weighted by Gasteiger charge is -2.15. The molecule has 0 saturated heterocycles. The van der Waals surface area contributed by atoms with Crippen molar-refractivity contribution in [3.8, 4) is 0 Å². The number of aromatic nitrogens is 1. The number of benzene rings is 1. The van der Waals surface area contributed by atoms with E-state index in [9.17, 15) is 14.7 Å². The predicted molar refractivity (Wildman–Crippen MR) is 98.7 cm³/mol. The van der Waals surface area contributed by atoms with Crippen molar-refractivity contribution in [2.45, 2.75) is 32.9 Å². The summed E-state index contributed by atoms with van der Waals surface area (Å²) in [6, 6.07) is 12.2. The van der Waals surface area contributed by atoms with E-state index in [-0.39, 0.29) is 23.6 Å². The molecule has 2 aromatic rings. The minimum Gasteiger partial charge on any atom is -0.393 e. The summed E-state index contributed by atoms with van der Waals surface area (Å²) in [6.45, 7) is 4.66. The minimum atomic E-state index is -0.377. The molecule has 1 aromatic carbocycles. The number of aliphatic hydroxyl groups is 1. The highest BCUT2D eigenvalue weighted by molar-refractivity contribution is 5.89. The lowest BCUT2D eigenvalue weighted by Crippen LogP contribution is -2.33. The van der Waals surface area contributed by atoms with Crippen molar-refractivity contribution < 1.29 is 9.90 Å². The van der Waals surface area contributed by atoms with E-state index in [0.717, 1.165) is 5.56 Å². The van der Waals surface area contributed by atoms with Crippen LogP contribution in [0.4, 0.5) is 10.5 Å². The van der Waals surface area contributed by atoms with Crippen LogP contribution in [0.3, 0.4) is 0 Å². The third-order valence-electron chi connectivity index (χ3n) is 3.79. The second-order valence-corrected chi connectivity index (χ2v) is 6.39. The second-order valence-electron chi connectivity index (χ2n) is 6.39.